The van der Waals surface area contributed by atoms with Gasteiger partial charge in [0.15, 0.2) is 11.5 Å². The third-order valence-electron chi connectivity index (χ3n) is 4.66. The maximum absolute atomic E-state index is 11.4. The average molecular weight is 318 g/mol. The quantitative estimate of drug-likeness (QED) is 0.867. The molecule has 1 aromatic carbocycles. The normalized spacial score (nSPS) is 19.7. The number of ether oxygens (including phenoxy) is 3. The van der Waals surface area contributed by atoms with E-state index in [1.807, 2.05) is 6.07 Å². The summed E-state index contributed by atoms with van der Waals surface area (Å²) in [6, 6.07) is 1.92. The molecule has 0 spiro atoms. The van der Waals surface area contributed by atoms with Gasteiger partial charge in [-0.05, 0) is 54.9 Å². The van der Waals surface area contributed by atoms with Crippen LogP contribution in [0, 0.1) is 0 Å². The number of esters is 1. The lowest BCUT2D eigenvalue weighted by Gasteiger charge is -2.18. The first-order valence-electron chi connectivity index (χ1n) is 7.93. The van der Waals surface area contributed by atoms with Gasteiger partial charge < -0.3 is 19.3 Å². The van der Waals surface area contributed by atoms with Crippen molar-refractivity contribution in [1.29, 1.82) is 0 Å². The highest BCUT2D eigenvalue weighted by Crippen LogP contribution is 2.50. The number of allylic oxidation sites excluding steroid dienone is 1. The van der Waals surface area contributed by atoms with Crippen LogP contribution in [-0.4, -0.2) is 31.4 Å². The predicted octanol–water partition coefficient (Wildman–Crippen LogP) is 3.22. The fraction of sp³-hybridized carbons (Fsp3) is 0.500. The first kappa shape index (κ1) is 15.7. The molecule has 1 N–H and O–H groups in total. The zero-order valence-electron chi connectivity index (χ0n) is 13.8. The fourth-order valence-corrected chi connectivity index (χ4v) is 3.76. The Bertz CT molecular complexity index is 674. The lowest BCUT2D eigenvalue weighted by molar-refractivity contribution is -0.144. The second-order valence-corrected chi connectivity index (χ2v) is 5.99. The van der Waals surface area contributed by atoms with Crippen LogP contribution >= 0.6 is 0 Å². The molecule has 0 bridgehead atoms. The minimum atomic E-state index is -0.265. The molecule has 1 atom stereocenters. The Kier molecular flexibility index (Phi) is 4.20. The van der Waals surface area contributed by atoms with Gasteiger partial charge in [-0.1, -0.05) is 0 Å². The number of methoxy groups -OCH3 is 2. The van der Waals surface area contributed by atoms with Gasteiger partial charge in [-0.25, -0.2) is 0 Å². The third kappa shape index (κ3) is 2.64. The second-order valence-electron chi connectivity index (χ2n) is 5.99. The molecule has 124 valence electrons. The van der Waals surface area contributed by atoms with E-state index in [4.69, 9.17) is 14.2 Å². The minimum absolute atomic E-state index is 0.125. The van der Waals surface area contributed by atoms with E-state index in [1.54, 1.807) is 7.11 Å². The molecule has 0 radical (unpaired) electrons. The van der Waals surface area contributed by atoms with Crippen LogP contribution in [0.1, 0.15) is 43.7 Å². The predicted molar refractivity (Wildman–Crippen MR) is 85.9 cm³/mol. The van der Waals surface area contributed by atoms with E-state index in [-0.39, 0.29) is 17.8 Å². The van der Waals surface area contributed by atoms with Crippen LogP contribution in [0.25, 0.3) is 5.57 Å². The number of hydrogen-bond donors (Lipinski definition) is 1. The standard InChI is InChI=1S/C18H22O5/c1-10(19)23-14-8-7-11-9-15(21-2)18(22-3)17(20)16(11)13-6-4-5-12(13)14/h9,14,20H,4-8H2,1-3H3/t14-/m0/s1. The first-order chi connectivity index (χ1) is 11.1. The van der Waals surface area contributed by atoms with E-state index in [2.05, 4.69) is 0 Å². The minimum Gasteiger partial charge on any atom is -0.504 e. The highest BCUT2D eigenvalue weighted by atomic mass is 16.5. The Hall–Kier alpha value is -2.17. The Morgan fingerprint density at radius 2 is 2.00 bits per heavy atom. The molecule has 0 heterocycles. The average Bonchev–Trinajstić information content (AvgIpc) is 2.94. The van der Waals surface area contributed by atoms with Gasteiger partial charge in [-0.15, -0.1) is 0 Å². The molecule has 23 heavy (non-hydrogen) atoms. The van der Waals surface area contributed by atoms with E-state index in [1.165, 1.54) is 14.0 Å². The summed E-state index contributed by atoms with van der Waals surface area (Å²) in [5, 5.41) is 10.7. The summed E-state index contributed by atoms with van der Waals surface area (Å²) in [5.41, 5.74) is 4.10. The number of rotatable bonds is 3. The lowest BCUT2D eigenvalue weighted by atomic mass is 9.95. The summed E-state index contributed by atoms with van der Waals surface area (Å²) in [6.07, 6.45) is 4.03. The molecule has 0 amide bonds. The van der Waals surface area contributed by atoms with Crippen molar-refractivity contribution in [2.24, 2.45) is 0 Å². The van der Waals surface area contributed by atoms with Crippen LogP contribution in [0.3, 0.4) is 0 Å². The molecule has 0 saturated heterocycles. The van der Waals surface area contributed by atoms with Gasteiger partial charge >= 0.3 is 5.97 Å². The topological polar surface area (TPSA) is 65.0 Å². The zero-order chi connectivity index (χ0) is 16.6. The number of phenolic OH excluding ortho intramolecular Hbond substituents is 1. The summed E-state index contributed by atoms with van der Waals surface area (Å²) in [7, 11) is 3.08. The summed E-state index contributed by atoms with van der Waals surface area (Å²) < 4.78 is 16.2. The number of benzene rings is 1. The van der Waals surface area contributed by atoms with Crippen molar-refractivity contribution < 1.29 is 24.1 Å². The number of carbonyl (C=O) groups excluding carboxylic acids is 1. The number of carbonyl (C=O) groups is 1. The molecule has 5 nitrogen and oxygen atoms in total. The van der Waals surface area contributed by atoms with Gasteiger partial charge in [-0.3, -0.25) is 4.79 Å². The largest absolute Gasteiger partial charge is 0.504 e. The highest BCUT2D eigenvalue weighted by molar-refractivity contribution is 5.82. The number of aryl methyl sites for hydroxylation is 1. The van der Waals surface area contributed by atoms with Crippen LogP contribution in [0.15, 0.2) is 11.6 Å². The number of aromatic hydroxyl groups is 1. The molecule has 3 rings (SSSR count). The van der Waals surface area contributed by atoms with Crippen LogP contribution in [-0.2, 0) is 16.0 Å². The van der Waals surface area contributed by atoms with Crippen LogP contribution in [0.5, 0.6) is 17.2 Å². The van der Waals surface area contributed by atoms with E-state index < -0.39 is 0 Å². The number of fused-ring (bicyclic) bond motifs is 2. The van der Waals surface area contributed by atoms with Crippen molar-refractivity contribution in [2.75, 3.05) is 14.2 Å². The number of phenols is 1. The van der Waals surface area contributed by atoms with E-state index in [0.29, 0.717) is 17.9 Å². The summed E-state index contributed by atoms with van der Waals surface area (Å²) >= 11 is 0. The maximum Gasteiger partial charge on any atom is 0.303 e. The van der Waals surface area contributed by atoms with Crippen molar-refractivity contribution >= 4 is 11.5 Å². The van der Waals surface area contributed by atoms with Gasteiger partial charge in [0.25, 0.3) is 0 Å². The fourth-order valence-electron chi connectivity index (χ4n) is 3.76. The molecular formula is C18H22O5. The summed E-state index contributed by atoms with van der Waals surface area (Å²) in [5.74, 6) is 0.740. The zero-order valence-corrected chi connectivity index (χ0v) is 13.8. The summed E-state index contributed by atoms with van der Waals surface area (Å²) in [6.45, 7) is 1.44. The van der Waals surface area contributed by atoms with Gasteiger partial charge in [0.05, 0.1) is 14.2 Å². The Morgan fingerprint density at radius 1 is 1.22 bits per heavy atom. The van der Waals surface area contributed by atoms with Crippen molar-refractivity contribution in [3.63, 3.8) is 0 Å². The molecule has 0 aliphatic heterocycles. The molecule has 0 saturated carbocycles. The van der Waals surface area contributed by atoms with Crippen molar-refractivity contribution in [3.8, 4) is 17.2 Å². The lowest BCUT2D eigenvalue weighted by Crippen LogP contribution is -2.18. The maximum atomic E-state index is 11.4. The SMILES string of the molecule is COc1cc2c(c(O)c1OC)C1=C(CCC1)[C@@H](OC(C)=O)CC2. The molecule has 2 aliphatic rings. The van der Waals surface area contributed by atoms with Crippen molar-refractivity contribution in [1.82, 2.24) is 0 Å². The van der Waals surface area contributed by atoms with Gasteiger partial charge in [0.2, 0.25) is 5.75 Å². The van der Waals surface area contributed by atoms with E-state index >= 15 is 0 Å². The third-order valence-corrected chi connectivity index (χ3v) is 4.66. The van der Waals surface area contributed by atoms with Crippen LogP contribution in [0.2, 0.25) is 0 Å². The monoisotopic (exact) mass is 318 g/mol. The van der Waals surface area contributed by atoms with E-state index in [9.17, 15) is 9.90 Å². The molecule has 1 aromatic rings. The van der Waals surface area contributed by atoms with E-state index in [0.717, 1.165) is 48.0 Å². The second kappa shape index (κ2) is 6.14. The molecular weight excluding hydrogens is 296 g/mol. The van der Waals surface area contributed by atoms with Gasteiger partial charge in [-0.2, -0.15) is 0 Å². The Morgan fingerprint density at radius 3 is 2.65 bits per heavy atom. The summed E-state index contributed by atoms with van der Waals surface area (Å²) in [4.78, 5) is 11.4. The van der Waals surface area contributed by atoms with Gasteiger partial charge in [0, 0.05) is 12.5 Å². The smallest absolute Gasteiger partial charge is 0.303 e. The first-order valence-corrected chi connectivity index (χ1v) is 7.93. The highest BCUT2D eigenvalue weighted by Gasteiger charge is 2.33. The van der Waals surface area contributed by atoms with Crippen molar-refractivity contribution in [2.45, 2.75) is 45.1 Å². The van der Waals surface area contributed by atoms with Gasteiger partial charge in [0.1, 0.15) is 6.10 Å². The molecule has 2 aliphatic carbocycles. The molecule has 0 unspecified atom stereocenters. The number of hydrogen-bond acceptors (Lipinski definition) is 5. The van der Waals surface area contributed by atoms with Crippen LogP contribution < -0.4 is 9.47 Å². The Labute approximate surface area is 135 Å². The van der Waals surface area contributed by atoms with Crippen molar-refractivity contribution in [3.05, 3.63) is 22.8 Å². The molecule has 0 fully saturated rings. The molecule has 0 aromatic heterocycles. The Balaban J connectivity index is 2.16. The molecule has 5 heteroatoms. The van der Waals surface area contributed by atoms with Crippen LogP contribution in [0.4, 0.5) is 0 Å².